The summed E-state index contributed by atoms with van der Waals surface area (Å²) in [5.41, 5.74) is 0. The number of likely N-dealkylation sites (N-methyl/N-ethyl adjacent to an activating group) is 1. The van der Waals surface area contributed by atoms with Crippen molar-refractivity contribution >= 4 is 12.0 Å². The molecule has 0 aromatic rings. The smallest absolute Gasteiger partial charge is 0.320 e. The first kappa shape index (κ1) is 12.8. The minimum Gasteiger partial charge on any atom is -0.481 e. The lowest BCUT2D eigenvalue weighted by Crippen LogP contribution is -2.37. The van der Waals surface area contributed by atoms with E-state index in [1.54, 1.807) is 4.90 Å². The van der Waals surface area contributed by atoms with E-state index in [0.29, 0.717) is 18.4 Å². The Balaban J connectivity index is 1.66. The van der Waals surface area contributed by atoms with Gasteiger partial charge in [0.25, 0.3) is 0 Å². The molecule has 3 atom stereocenters. The molecule has 2 saturated carbocycles. The highest BCUT2D eigenvalue weighted by molar-refractivity contribution is 5.81. The number of aliphatic carboxylic acids is 1. The lowest BCUT2D eigenvalue weighted by molar-refractivity contribution is -0.138. The van der Waals surface area contributed by atoms with Crippen molar-refractivity contribution in [3.8, 4) is 0 Å². The van der Waals surface area contributed by atoms with E-state index in [4.69, 9.17) is 5.11 Å². The predicted molar refractivity (Wildman–Crippen MR) is 69.8 cm³/mol. The van der Waals surface area contributed by atoms with Crippen molar-refractivity contribution in [2.45, 2.75) is 50.6 Å². The molecular formula is C14H22N2O3. The Bertz CT molecular complexity index is 392. The third-order valence-electron chi connectivity index (χ3n) is 5.10. The van der Waals surface area contributed by atoms with E-state index in [9.17, 15) is 9.59 Å². The van der Waals surface area contributed by atoms with Crippen LogP contribution in [0, 0.1) is 11.8 Å². The molecular weight excluding hydrogens is 244 g/mol. The topological polar surface area (TPSA) is 60.9 Å². The molecule has 3 fully saturated rings. The molecule has 3 rings (SSSR count). The Hall–Kier alpha value is -1.26. The summed E-state index contributed by atoms with van der Waals surface area (Å²) in [5.74, 6) is -0.487. The summed E-state index contributed by atoms with van der Waals surface area (Å²) in [6, 6.07) is 0.271. The van der Waals surface area contributed by atoms with Gasteiger partial charge >= 0.3 is 12.0 Å². The molecule has 3 unspecified atom stereocenters. The van der Waals surface area contributed by atoms with Gasteiger partial charge in [0.15, 0.2) is 0 Å². The molecule has 1 heterocycles. The van der Waals surface area contributed by atoms with Crippen LogP contribution >= 0.6 is 0 Å². The molecule has 1 saturated heterocycles. The van der Waals surface area contributed by atoms with Crippen molar-refractivity contribution in [2.24, 2.45) is 11.8 Å². The van der Waals surface area contributed by atoms with E-state index in [0.717, 1.165) is 6.54 Å². The number of rotatable bonds is 3. The van der Waals surface area contributed by atoms with E-state index in [1.807, 2.05) is 11.9 Å². The molecule has 0 aromatic carbocycles. The van der Waals surface area contributed by atoms with Crippen molar-refractivity contribution in [1.82, 2.24) is 9.80 Å². The van der Waals surface area contributed by atoms with E-state index >= 15 is 0 Å². The van der Waals surface area contributed by atoms with Gasteiger partial charge in [-0.25, -0.2) is 4.79 Å². The normalized spacial score (nSPS) is 35.8. The summed E-state index contributed by atoms with van der Waals surface area (Å²) in [6.45, 7) is 0.731. The molecule has 2 amide bonds. The highest BCUT2D eigenvalue weighted by Gasteiger charge is 2.53. The third-order valence-corrected chi connectivity index (χ3v) is 5.10. The molecule has 0 bridgehead atoms. The van der Waals surface area contributed by atoms with Crippen molar-refractivity contribution < 1.29 is 14.7 Å². The standard InChI is InChI=1S/C14H22N2O3/c1-15-12(9-5-3-2-4-6-9)8-16(14(15)19)11-7-10(11)13(17)18/h9-12H,2-8H2,1H3,(H,17,18). The van der Waals surface area contributed by atoms with Crippen molar-refractivity contribution in [3.63, 3.8) is 0 Å². The molecule has 5 nitrogen and oxygen atoms in total. The first-order valence-corrected chi connectivity index (χ1v) is 7.36. The van der Waals surface area contributed by atoms with Gasteiger partial charge in [0, 0.05) is 19.6 Å². The van der Waals surface area contributed by atoms with Crippen molar-refractivity contribution in [1.29, 1.82) is 0 Å². The second-order valence-electron chi connectivity index (χ2n) is 6.26. The second kappa shape index (κ2) is 4.69. The van der Waals surface area contributed by atoms with Crippen LogP contribution in [0.1, 0.15) is 38.5 Å². The molecule has 1 aliphatic heterocycles. The van der Waals surface area contributed by atoms with Crippen LogP contribution in [-0.2, 0) is 4.79 Å². The van der Waals surface area contributed by atoms with Crippen molar-refractivity contribution in [3.05, 3.63) is 0 Å². The van der Waals surface area contributed by atoms with Crippen LogP contribution in [0.5, 0.6) is 0 Å². The van der Waals surface area contributed by atoms with E-state index in [-0.39, 0.29) is 18.0 Å². The summed E-state index contributed by atoms with van der Waals surface area (Å²) < 4.78 is 0. The Labute approximate surface area is 113 Å². The van der Waals surface area contributed by atoms with Crippen LogP contribution in [0.4, 0.5) is 4.79 Å². The number of carbonyl (C=O) groups is 2. The average molecular weight is 266 g/mol. The van der Waals surface area contributed by atoms with E-state index < -0.39 is 5.97 Å². The molecule has 0 spiro atoms. The maximum absolute atomic E-state index is 12.3. The number of urea groups is 1. The lowest BCUT2D eigenvalue weighted by Gasteiger charge is -2.30. The number of carboxylic acids is 1. The van der Waals surface area contributed by atoms with Gasteiger partial charge in [-0.3, -0.25) is 4.79 Å². The number of hydrogen-bond acceptors (Lipinski definition) is 2. The van der Waals surface area contributed by atoms with E-state index in [1.165, 1.54) is 32.1 Å². The van der Waals surface area contributed by atoms with Gasteiger partial charge in [-0.2, -0.15) is 0 Å². The quantitative estimate of drug-likeness (QED) is 0.847. The highest BCUT2D eigenvalue weighted by Crippen LogP contribution is 2.41. The molecule has 19 heavy (non-hydrogen) atoms. The van der Waals surface area contributed by atoms with Crippen LogP contribution in [0.15, 0.2) is 0 Å². The van der Waals surface area contributed by atoms with Crippen LogP contribution in [-0.4, -0.2) is 52.6 Å². The van der Waals surface area contributed by atoms with Crippen LogP contribution in [0.25, 0.3) is 0 Å². The predicted octanol–water partition coefficient (Wildman–Crippen LogP) is 1.78. The number of hydrogen-bond donors (Lipinski definition) is 1. The molecule has 0 aromatic heterocycles. The average Bonchev–Trinajstić information content (AvgIpc) is 3.15. The van der Waals surface area contributed by atoms with Crippen LogP contribution < -0.4 is 0 Å². The first-order chi connectivity index (χ1) is 9.09. The highest BCUT2D eigenvalue weighted by atomic mass is 16.4. The number of carboxylic acid groups (broad SMARTS) is 1. The Kier molecular flexibility index (Phi) is 3.15. The molecule has 2 aliphatic carbocycles. The lowest BCUT2D eigenvalue weighted by atomic mass is 9.84. The summed E-state index contributed by atoms with van der Waals surface area (Å²) in [7, 11) is 1.87. The monoisotopic (exact) mass is 266 g/mol. The zero-order valence-electron chi connectivity index (χ0n) is 11.4. The zero-order valence-corrected chi connectivity index (χ0v) is 11.4. The van der Waals surface area contributed by atoms with Crippen LogP contribution in [0.3, 0.4) is 0 Å². The molecule has 5 heteroatoms. The first-order valence-electron chi connectivity index (χ1n) is 7.36. The SMILES string of the molecule is CN1C(=O)N(C2CC2C(=O)O)CC1C1CCCCC1. The zero-order chi connectivity index (χ0) is 13.6. The summed E-state index contributed by atoms with van der Waals surface area (Å²) in [6.07, 6.45) is 6.90. The largest absolute Gasteiger partial charge is 0.481 e. The Morgan fingerprint density at radius 1 is 1.21 bits per heavy atom. The molecule has 106 valence electrons. The fourth-order valence-corrected chi connectivity index (χ4v) is 3.80. The summed E-state index contributed by atoms with van der Waals surface area (Å²) in [4.78, 5) is 26.9. The van der Waals surface area contributed by atoms with Gasteiger partial charge in [-0.05, 0) is 25.2 Å². The maximum Gasteiger partial charge on any atom is 0.320 e. The second-order valence-corrected chi connectivity index (χ2v) is 6.26. The van der Waals surface area contributed by atoms with Gasteiger partial charge in [-0.15, -0.1) is 0 Å². The van der Waals surface area contributed by atoms with Gasteiger partial charge in [-0.1, -0.05) is 19.3 Å². The third kappa shape index (κ3) is 2.19. The van der Waals surface area contributed by atoms with Crippen LogP contribution in [0.2, 0.25) is 0 Å². The molecule has 0 radical (unpaired) electrons. The van der Waals surface area contributed by atoms with Gasteiger partial charge in [0.1, 0.15) is 0 Å². The van der Waals surface area contributed by atoms with Gasteiger partial charge in [0.2, 0.25) is 0 Å². The molecule has 3 aliphatic rings. The number of nitrogens with zero attached hydrogens (tertiary/aromatic N) is 2. The summed E-state index contributed by atoms with van der Waals surface area (Å²) >= 11 is 0. The number of amides is 2. The van der Waals surface area contributed by atoms with Crippen molar-refractivity contribution in [2.75, 3.05) is 13.6 Å². The Morgan fingerprint density at radius 2 is 1.89 bits per heavy atom. The van der Waals surface area contributed by atoms with E-state index in [2.05, 4.69) is 0 Å². The fraction of sp³-hybridized carbons (Fsp3) is 0.857. The Morgan fingerprint density at radius 3 is 2.47 bits per heavy atom. The minimum atomic E-state index is -0.762. The van der Waals surface area contributed by atoms with Gasteiger partial charge < -0.3 is 14.9 Å². The minimum absolute atomic E-state index is 0.0318. The maximum atomic E-state index is 12.3. The fourth-order valence-electron chi connectivity index (χ4n) is 3.80. The van der Waals surface area contributed by atoms with Gasteiger partial charge in [0.05, 0.1) is 12.0 Å². The number of carbonyl (C=O) groups excluding carboxylic acids is 1. The summed E-state index contributed by atoms with van der Waals surface area (Å²) in [5, 5.41) is 9.00. The molecule has 1 N–H and O–H groups in total.